The lowest BCUT2D eigenvalue weighted by Crippen LogP contribution is -2.47. The van der Waals surface area contributed by atoms with Gasteiger partial charge in [-0.3, -0.25) is 0 Å². The summed E-state index contributed by atoms with van der Waals surface area (Å²) in [7, 11) is 1.71. The van der Waals surface area contributed by atoms with Crippen LogP contribution in [0.15, 0.2) is 48.5 Å². The predicted octanol–water partition coefficient (Wildman–Crippen LogP) is 4.98. The molecule has 0 radical (unpaired) electrons. The number of hydrogen-bond acceptors (Lipinski definition) is 4. The smallest absolute Gasteiger partial charge is 0.118 e. The monoisotopic (exact) mass is 393 g/mol. The van der Waals surface area contributed by atoms with Crippen LogP contribution >= 0.6 is 0 Å². The molecule has 0 bridgehead atoms. The molecule has 4 nitrogen and oxygen atoms in total. The molecule has 2 aromatic rings. The molecule has 0 aromatic heterocycles. The molecule has 0 spiro atoms. The summed E-state index contributed by atoms with van der Waals surface area (Å²) in [6, 6.07) is 17.3. The van der Waals surface area contributed by atoms with Gasteiger partial charge in [0, 0.05) is 16.8 Å². The second-order valence-electron chi connectivity index (χ2n) is 9.21. The topological polar surface area (TPSA) is 59.3 Å². The number of anilines is 1. The lowest BCUT2D eigenvalue weighted by Gasteiger charge is -2.31. The second-order valence-corrected chi connectivity index (χ2v) is 9.21. The molecule has 2 saturated carbocycles. The molecule has 0 heterocycles. The molecule has 0 saturated heterocycles. The van der Waals surface area contributed by atoms with Gasteiger partial charge < -0.3 is 15.9 Å². The van der Waals surface area contributed by atoms with Gasteiger partial charge in [-0.15, -0.1) is 0 Å². The summed E-state index contributed by atoms with van der Waals surface area (Å²) in [6.07, 6.45) is 11.8. The van der Waals surface area contributed by atoms with Crippen LogP contribution in [-0.4, -0.2) is 18.2 Å². The van der Waals surface area contributed by atoms with E-state index in [1.165, 1.54) is 49.7 Å². The van der Waals surface area contributed by atoms with Gasteiger partial charge in [0.05, 0.1) is 7.11 Å². The minimum atomic E-state index is 0.0134. The Morgan fingerprint density at radius 1 is 0.793 bits per heavy atom. The SMILES string of the molecule is COc1ccc(CC2(NNc3ccc(CC4(N)CCCC4)cc3)CCCC2)cc1. The highest BCUT2D eigenvalue weighted by Crippen LogP contribution is 2.34. The van der Waals surface area contributed by atoms with Crippen LogP contribution in [0.4, 0.5) is 5.69 Å². The number of hydrazine groups is 1. The summed E-state index contributed by atoms with van der Waals surface area (Å²) in [5.74, 6) is 0.914. The number of benzene rings is 2. The van der Waals surface area contributed by atoms with E-state index in [0.29, 0.717) is 0 Å². The molecule has 156 valence electrons. The number of methoxy groups -OCH3 is 1. The normalized spacial score (nSPS) is 19.9. The minimum absolute atomic E-state index is 0.0134. The van der Waals surface area contributed by atoms with E-state index in [-0.39, 0.29) is 11.1 Å². The van der Waals surface area contributed by atoms with Crippen LogP contribution in [0, 0.1) is 0 Å². The van der Waals surface area contributed by atoms with Crippen molar-refractivity contribution in [2.24, 2.45) is 5.73 Å². The number of rotatable bonds is 8. The van der Waals surface area contributed by atoms with Crippen LogP contribution in [0.2, 0.25) is 0 Å². The second kappa shape index (κ2) is 8.76. The molecular weight excluding hydrogens is 358 g/mol. The first kappa shape index (κ1) is 20.2. The summed E-state index contributed by atoms with van der Waals surface area (Å²) in [6.45, 7) is 0. The van der Waals surface area contributed by atoms with Crippen molar-refractivity contribution < 1.29 is 4.74 Å². The molecule has 0 amide bonds. The Bertz CT molecular complexity index is 773. The Labute approximate surface area is 175 Å². The van der Waals surface area contributed by atoms with Gasteiger partial charge in [-0.2, -0.15) is 0 Å². The summed E-state index contributed by atoms with van der Waals surface area (Å²) >= 11 is 0. The highest BCUT2D eigenvalue weighted by Gasteiger charge is 2.34. The van der Waals surface area contributed by atoms with Gasteiger partial charge in [0.25, 0.3) is 0 Å². The van der Waals surface area contributed by atoms with Crippen molar-refractivity contribution in [3.8, 4) is 5.75 Å². The van der Waals surface area contributed by atoms with Crippen molar-refractivity contribution in [1.29, 1.82) is 0 Å². The maximum Gasteiger partial charge on any atom is 0.118 e. The van der Waals surface area contributed by atoms with Crippen LogP contribution in [0.1, 0.15) is 62.5 Å². The van der Waals surface area contributed by atoms with Gasteiger partial charge in [-0.25, -0.2) is 5.43 Å². The average molecular weight is 394 g/mol. The Hall–Kier alpha value is -2.04. The van der Waals surface area contributed by atoms with Crippen molar-refractivity contribution >= 4 is 5.69 Å². The average Bonchev–Trinajstić information content (AvgIpc) is 3.38. The first-order valence-electron chi connectivity index (χ1n) is 11.1. The van der Waals surface area contributed by atoms with E-state index in [2.05, 4.69) is 59.4 Å². The highest BCUT2D eigenvalue weighted by molar-refractivity contribution is 5.44. The number of hydrogen-bond donors (Lipinski definition) is 3. The summed E-state index contributed by atoms with van der Waals surface area (Å²) < 4.78 is 5.29. The van der Waals surface area contributed by atoms with Crippen molar-refractivity contribution in [2.75, 3.05) is 12.5 Å². The fraction of sp³-hybridized carbons (Fsp3) is 0.520. The van der Waals surface area contributed by atoms with E-state index in [0.717, 1.165) is 37.1 Å². The molecule has 2 aliphatic rings. The van der Waals surface area contributed by atoms with E-state index in [1.54, 1.807) is 7.11 Å². The van der Waals surface area contributed by atoms with Crippen molar-refractivity contribution in [3.63, 3.8) is 0 Å². The van der Waals surface area contributed by atoms with E-state index >= 15 is 0 Å². The number of nitrogens with two attached hydrogens (primary N) is 1. The third kappa shape index (κ3) is 5.12. The molecule has 0 unspecified atom stereocenters. The predicted molar refractivity (Wildman–Crippen MR) is 120 cm³/mol. The van der Waals surface area contributed by atoms with Crippen LogP contribution in [0.25, 0.3) is 0 Å². The summed E-state index contributed by atoms with van der Waals surface area (Å²) in [5.41, 5.74) is 17.7. The lowest BCUT2D eigenvalue weighted by atomic mass is 9.89. The molecule has 2 fully saturated rings. The van der Waals surface area contributed by atoms with E-state index in [4.69, 9.17) is 10.5 Å². The summed E-state index contributed by atoms with van der Waals surface area (Å²) in [5, 5.41) is 0. The van der Waals surface area contributed by atoms with Crippen molar-refractivity contribution in [1.82, 2.24) is 5.43 Å². The fourth-order valence-electron chi connectivity index (χ4n) is 5.10. The Balaban J connectivity index is 1.36. The van der Waals surface area contributed by atoms with Crippen LogP contribution in [-0.2, 0) is 12.8 Å². The number of nitrogens with one attached hydrogen (secondary N) is 2. The minimum Gasteiger partial charge on any atom is -0.497 e. The fourth-order valence-corrected chi connectivity index (χ4v) is 5.10. The van der Waals surface area contributed by atoms with Gasteiger partial charge in [-0.05, 0) is 73.9 Å². The zero-order chi connectivity index (χ0) is 20.2. The van der Waals surface area contributed by atoms with Gasteiger partial charge >= 0.3 is 0 Å². The largest absolute Gasteiger partial charge is 0.497 e. The maximum atomic E-state index is 6.54. The highest BCUT2D eigenvalue weighted by atomic mass is 16.5. The zero-order valence-electron chi connectivity index (χ0n) is 17.7. The van der Waals surface area contributed by atoms with E-state index in [9.17, 15) is 0 Å². The van der Waals surface area contributed by atoms with Gasteiger partial charge in [-0.1, -0.05) is 49.9 Å². The Kier molecular flexibility index (Phi) is 6.12. The molecule has 0 atom stereocenters. The van der Waals surface area contributed by atoms with Gasteiger partial charge in [0.1, 0.15) is 5.75 Å². The lowest BCUT2D eigenvalue weighted by molar-refractivity contribution is 0.354. The molecule has 4 N–H and O–H groups in total. The third-order valence-corrected chi connectivity index (χ3v) is 6.84. The first-order valence-corrected chi connectivity index (χ1v) is 11.1. The first-order chi connectivity index (χ1) is 14.1. The molecule has 0 aliphatic heterocycles. The van der Waals surface area contributed by atoms with Crippen LogP contribution in [0.3, 0.4) is 0 Å². The van der Waals surface area contributed by atoms with Crippen molar-refractivity contribution in [3.05, 3.63) is 59.7 Å². The molecule has 2 aliphatic carbocycles. The Morgan fingerprint density at radius 2 is 1.34 bits per heavy atom. The third-order valence-electron chi connectivity index (χ3n) is 6.84. The standard InChI is InChI=1S/C25H35N3O/c1-29-23-12-8-21(9-13-23)19-25(16-4-5-17-25)28-27-22-10-6-20(7-11-22)18-24(26)14-2-3-15-24/h6-13,27-28H,2-5,14-19,26H2,1H3. The zero-order valence-corrected chi connectivity index (χ0v) is 17.7. The molecule has 4 heteroatoms. The molecular formula is C25H35N3O. The maximum absolute atomic E-state index is 6.54. The molecule has 4 rings (SSSR count). The summed E-state index contributed by atoms with van der Waals surface area (Å²) in [4.78, 5) is 0. The van der Waals surface area contributed by atoms with E-state index in [1.807, 2.05) is 0 Å². The van der Waals surface area contributed by atoms with Gasteiger partial charge in [0.2, 0.25) is 0 Å². The molecule has 29 heavy (non-hydrogen) atoms. The van der Waals surface area contributed by atoms with Crippen LogP contribution in [0.5, 0.6) is 5.75 Å². The number of ether oxygens (including phenoxy) is 1. The van der Waals surface area contributed by atoms with Crippen molar-refractivity contribution in [2.45, 2.75) is 75.3 Å². The quantitative estimate of drug-likeness (QED) is 0.554. The van der Waals surface area contributed by atoms with Crippen LogP contribution < -0.4 is 21.3 Å². The van der Waals surface area contributed by atoms with E-state index < -0.39 is 0 Å². The van der Waals surface area contributed by atoms with Gasteiger partial charge in [0.15, 0.2) is 0 Å². The Morgan fingerprint density at radius 3 is 1.97 bits per heavy atom. The molecule has 2 aromatic carbocycles.